The lowest BCUT2D eigenvalue weighted by Crippen LogP contribution is -2.36. The van der Waals surface area contributed by atoms with Gasteiger partial charge in [-0.3, -0.25) is 10.1 Å². The van der Waals surface area contributed by atoms with Crippen LogP contribution >= 0.6 is 0 Å². The van der Waals surface area contributed by atoms with Crippen molar-refractivity contribution in [2.24, 2.45) is 0 Å². The van der Waals surface area contributed by atoms with Crippen LogP contribution in [-0.4, -0.2) is 30.2 Å². The molecule has 0 aromatic carbocycles. The Morgan fingerprint density at radius 2 is 1.89 bits per heavy atom. The summed E-state index contributed by atoms with van der Waals surface area (Å²) in [5.74, 6) is 0.927. The van der Waals surface area contributed by atoms with Gasteiger partial charge in [-0.15, -0.1) is 0 Å². The topological polar surface area (TPSA) is 96.3 Å². The third-order valence-electron chi connectivity index (χ3n) is 2.28. The lowest BCUT2D eigenvalue weighted by molar-refractivity contribution is -0.118. The second kappa shape index (κ2) is 6.21. The quantitative estimate of drug-likeness (QED) is 0.715. The molecule has 1 aromatic heterocycles. The van der Waals surface area contributed by atoms with E-state index in [4.69, 9.17) is 4.52 Å². The number of amides is 3. The van der Waals surface area contributed by atoms with Gasteiger partial charge in [0.15, 0.2) is 5.82 Å². The highest BCUT2D eigenvalue weighted by Gasteiger charge is 2.20. The lowest BCUT2D eigenvalue weighted by Gasteiger charge is -2.12. The van der Waals surface area contributed by atoms with Crippen molar-refractivity contribution in [3.8, 4) is 0 Å². The van der Waals surface area contributed by atoms with E-state index in [1.807, 2.05) is 20.8 Å². The second-order valence-corrected chi connectivity index (χ2v) is 5.19. The van der Waals surface area contributed by atoms with Gasteiger partial charge in [0.05, 0.1) is 0 Å². The van der Waals surface area contributed by atoms with Crippen LogP contribution in [0.1, 0.15) is 33.5 Å². The highest BCUT2D eigenvalue weighted by molar-refractivity contribution is 5.88. The van der Waals surface area contributed by atoms with E-state index in [-0.39, 0.29) is 17.4 Å². The first kappa shape index (κ1) is 15.0. The van der Waals surface area contributed by atoms with Crippen LogP contribution in [0.3, 0.4) is 0 Å². The van der Waals surface area contributed by atoms with Crippen LogP contribution in [0.5, 0.6) is 0 Å². The van der Waals surface area contributed by atoms with Crippen molar-refractivity contribution in [3.05, 3.63) is 11.8 Å². The molecule has 0 unspecified atom stereocenters. The molecule has 0 bridgehead atoms. The summed E-state index contributed by atoms with van der Waals surface area (Å²) < 4.78 is 5.14. The minimum absolute atomic E-state index is 0.131. The van der Waals surface area contributed by atoms with E-state index < -0.39 is 0 Å². The Balaban J connectivity index is 2.36. The number of carbonyl (C=O) groups is 2. The number of hydrogen-bond donors (Lipinski definition) is 3. The summed E-state index contributed by atoms with van der Waals surface area (Å²) in [6.07, 6.45) is 0. The predicted octanol–water partition coefficient (Wildman–Crippen LogP) is 1.23. The fourth-order valence-corrected chi connectivity index (χ4v) is 1.26. The average Bonchev–Trinajstić information content (AvgIpc) is 2.72. The molecule has 0 saturated carbocycles. The summed E-state index contributed by atoms with van der Waals surface area (Å²) in [5.41, 5.74) is -0.158. The molecular weight excluding hydrogens is 248 g/mol. The molecule has 1 rings (SSSR count). The zero-order valence-corrected chi connectivity index (χ0v) is 11.7. The van der Waals surface area contributed by atoms with Gasteiger partial charge in [-0.2, -0.15) is 0 Å². The summed E-state index contributed by atoms with van der Waals surface area (Å²) in [6, 6.07) is 1.30. The monoisotopic (exact) mass is 268 g/mol. The Hall–Kier alpha value is -2.05. The third-order valence-corrected chi connectivity index (χ3v) is 2.28. The minimum Gasteiger partial charge on any atom is -0.359 e. The van der Waals surface area contributed by atoms with E-state index in [1.165, 1.54) is 6.92 Å². The Kier molecular flexibility index (Phi) is 4.91. The van der Waals surface area contributed by atoms with Crippen LogP contribution in [0.2, 0.25) is 0 Å². The largest absolute Gasteiger partial charge is 0.359 e. The minimum atomic E-state index is -0.390. The number of aromatic nitrogens is 1. The molecule has 106 valence electrons. The number of hydrogen-bond acceptors (Lipinski definition) is 4. The first-order valence-electron chi connectivity index (χ1n) is 6.05. The number of nitrogens with zero attached hydrogens (tertiary/aromatic N) is 1. The molecule has 0 fully saturated rings. The fraction of sp³-hybridized carbons (Fsp3) is 0.583. The van der Waals surface area contributed by atoms with Crippen molar-refractivity contribution in [2.75, 3.05) is 18.4 Å². The van der Waals surface area contributed by atoms with Gasteiger partial charge in [-0.05, 0) is 0 Å². The molecule has 0 spiro atoms. The first-order valence-corrected chi connectivity index (χ1v) is 6.05. The molecule has 0 radical (unpaired) electrons. The normalized spacial score (nSPS) is 10.9. The van der Waals surface area contributed by atoms with Crippen molar-refractivity contribution in [1.29, 1.82) is 0 Å². The summed E-state index contributed by atoms with van der Waals surface area (Å²) in [6.45, 7) is 8.12. The molecule has 0 atom stereocenters. The molecular formula is C12H20N4O3. The van der Waals surface area contributed by atoms with Crippen LogP contribution < -0.4 is 16.0 Å². The molecule has 0 saturated heterocycles. The van der Waals surface area contributed by atoms with Gasteiger partial charge in [-0.1, -0.05) is 25.9 Å². The summed E-state index contributed by atoms with van der Waals surface area (Å²) in [7, 11) is 0. The van der Waals surface area contributed by atoms with E-state index in [9.17, 15) is 9.59 Å². The van der Waals surface area contributed by atoms with Crippen molar-refractivity contribution in [2.45, 2.75) is 33.1 Å². The molecule has 3 amide bonds. The molecule has 1 heterocycles. The Morgan fingerprint density at radius 1 is 1.26 bits per heavy atom. The number of carbonyl (C=O) groups excluding carboxylic acids is 2. The number of anilines is 1. The highest BCUT2D eigenvalue weighted by atomic mass is 16.5. The molecule has 0 aliphatic heterocycles. The standard InChI is InChI=1S/C12H20N4O3/c1-8(17)13-5-6-14-11(18)15-10-7-9(19-16-10)12(2,3)4/h7H,5-6H2,1-4H3,(H,13,17)(H2,14,15,16,18). The smallest absolute Gasteiger partial charge is 0.320 e. The molecule has 0 aliphatic carbocycles. The summed E-state index contributed by atoms with van der Waals surface area (Å²) in [5, 5.41) is 11.5. The molecule has 0 aliphatic rings. The molecule has 1 aromatic rings. The maximum Gasteiger partial charge on any atom is 0.320 e. The number of urea groups is 1. The second-order valence-electron chi connectivity index (χ2n) is 5.19. The van der Waals surface area contributed by atoms with Crippen LogP contribution in [0.4, 0.5) is 10.6 Å². The van der Waals surface area contributed by atoms with E-state index in [0.717, 1.165) is 0 Å². The Morgan fingerprint density at radius 3 is 2.42 bits per heavy atom. The van der Waals surface area contributed by atoms with Crippen LogP contribution in [0.15, 0.2) is 10.6 Å². The lowest BCUT2D eigenvalue weighted by atomic mass is 9.93. The SMILES string of the molecule is CC(=O)NCCNC(=O)Nc1cc(C(C)(C)C)on1. The third kappa shape index (κ3) is 5.41. The number of nitrogens with one attached hydrogen (secondary N) is 3. The maximum atomic E-state index is 11.5. The van der Waals surface area contributed by atoms with Gasteiger partial charge < -0.3 is 15.2 Å². The maximum absolute atomic E-state index is 11.5. The van der Waals surface area contributed by atoms with E-state index in [0.29, 0.717) is 24.7 Å². The van der Waals surface area contributed by atoms with Gasteiger partial charge in [-0.25, -0.2) is 4.79 Å². The molecule has 3 N–H and O–H groups in total. The Bertz CT molecular complexity index is 448. The van der Waals surface area contributed by atoms with Crippen molar-refractivity contribution in [1.82, 2.24) is 15.8 Å². The van der Waals surface area contributed by atoms with Gasteiger partial charge >= 0.3 is 6.03 Å². The van der Waals surface area contributed by atoms with Crippen LogP contribution in [-0.2, 0) is 10.2 Å². The van der Waals surface area contributed by atoms with Gasteiger partial charge in [0.2, 0.25) is 5.91 Å². The van der Waals surface area contributed by atoms with Gasteiger partial charge in [0.1, 0.15) is 5.76 Å². The summed E-state index contributed by atoms with van der Waals surface area (Å²) >= 11 is 0. The highest BCUT2D eigenvalue weighted by Crippen LogP contribution is 2.24. The van der Waals surface area contributed by atoms with Crippen LogP contribution in [0, 0.1) is 0 Å². The average molecular weight is 268 g/mol. The molecule has 19 heavy (non-hydrogen) atoms. The first-order chi connectivity index (χ1) is 8.79. The van der Waals surface area contributed by atoms with Gasteiger partial charge in [0, 0.05) is 31.5 Å². The van der Waals surface area contributed by atoms with Crippen molar-refractivity contribution < 1.29 is 14.1 Å². The Labute approximate surface area is 112 Å². The molecule has 7 heteroatoms. The zero-order valence-electron chi connectivity index (χ0n) is 11.7. The van der Waals surface area contributed by atoms with E-state index in [1.54, 1.807) is 6.07 Å². The summed E-state index contributed by atoms with van der Waals surface area (Å²) in [4.78, 5) is 22.1. The predicted molar refractivity (Wildman–Crippen MR) is 70.9 cm³/mol. The van der Waals surface area contributed by atoms with E-state index in [2.05, 4.69) is 21.1 Å². The van der Waals surface area contributed by atoms with Gasteiger partial charge in [0.25, 0.3) is 0 Å². The zero-order chi connectivity index (χ0) is 14.5. The van der Waals surface area contributed by atoms with Crippen molar-refractivity contribution >= 4 is 17.8 Å². The van der Waals surface area contributed by atoms with E-state index >= 15 is 0 Å². The fourth-order valence-electron chi connectivity index (χ4n) is 1.26. The number of rotatable bonds is 4. The van der Waals surface area contributed by atoms with Crippen LogP contribution in [0.25, 0.3) is 0 Å². The van der Waals surface area contributed by atoms with Crippen molar-refractivity contribution in [3.63, 3.8) is 0 Å². The molecule has 7 nitrogen and oxygen atoms in total.